The molecule has 34 heavy (non-hydrogen) atoms. The van der Waals surface area contributed by atoms with Crippen LogP contribution in [0.4, 0.5) is 0 Å². The summed E-state index contributed by atoms with van der Waals surface area (Å²) in [5.41, 5.74) is 2.94. The molecule has 168 valence electrons. The van der Waals surface area contributed by atoms with Crippen LogP contribution in [0.3, 0.4) is 0 Å². The Morgan fingerprint density at radius 1 is 0.941 bits per heavy atom. The van der Waals surface area contributed by atoms with E-state index >= 15 is 0 Å². The van der Waals surface area contributed by atoms with Crippen LogP contribution in [-0.4, -0.2) is 39.7 Å². The summed E-state index contributed by atoms with van der Waals surface area (Å²) < 4.78 is 0. The molecule has 0 saturated carbocycles. The van der Waals surface area contributed by atoms with Crippen LogP contribution in [0.25, 0.3) is 10.6 Å². The van der Waals surface area contributed by atoms with E-state index in [9.17, 15) is 9.59 Å². The zero-order valence-electron chi connectivity index (χ0n) is 18.1. The van der Waals surface area contributed by atoms with Crippen LogP contribution in [-0.2, 0) is 12.1 Å². The van der Waals surface area contributed by atoms with Gasteiger partial charge in [-0.3, -0.25) is 9.59 Å². The van der Waals surface area contributed by atoms with Crippen molar-refractivity contribution in [2.75, 3.05) is 13.1 Å². The minimum atomic E-state index is -0.927. The Morgan fingerprint density at radius 2 is 1.68 bits per heavy atom. The predicted octanol–water partition coefficient (Wildman–Crippen LogP) is 5.47. The molecule has 2 aliphatic rings. The Kier molecular flexibility index (Phi) is 5.01. The lowest BCUT2D eigenvalue weighted by Gasteiger charge is -2.47. The minimum Gasteiger partial charge on any atom is -0.309 e. The van der Waals surface area contributed by atoms with Gasteiger partial charge in [-0.15, -0.1) is 11.3 Å². The summed E-state index contributed by atoms with van der Waals surface area (Å²) in [5.74, 6) is -0.238. The molecule has 6 rings (SSSR count). The molecule has 1 aromatic heterocycles. The molecule has 0 N–H and O–H groups in total. The van der Waals surface area contributed by atoms with Crippen molar-refractivity contribution in [1.29, 1.82) is 0 Å². The molecule has 0 radical (unpaired) electrons. The highest BCUT2D eigenvalue weighted by Gasteiger charge is 2.55. The number of halogens is 1. The van der Waals surface area contributed by atoms with E-state index in [-0.39, 0.29) is 11.8 Å². The van der Waals surface area contributed by atoms with E-state index < -0.39 is 5.66 Å². The van der Waals surface area contributed by atoms with Gasteiger partial charge in [-0.05, 0) is 29.3 Å². The van der Waals surface area contributed by atoms with Crippen LogP contribution in [0.1, 0.15) is 32.0 Å². The first kappa shape index (κ1) is 21.1. The van der Waals surface area contributed by atoms with Crippen molar-refractivity contribution < 1.29 is 9.59 Å². The van der Waals surface area contributed by atoms with Crippen molar-refractivity contribution in [2.45, 2.75) is 12.1 Å². The first-order valence-corrected chi connectivity index (χ1v) is 12.3. The van der Waals surface area contributed by atoms with Gasteiger partial charge >= 0.3 is 0 Å². The third-order valence-electron chi connectivity index (χ3n) is 6.67. The van der Waals surface area contributed by atoms with E-state index in [1.54, 1.807) is 0 Å². The van der Waals surface area contributed by atoms with Gasteiger partial charge in [-0.1, -0.05) is 72.3 Å². The molecule has 1 unspecified atom stereocenters. The van der Waals surface area contributed by atoms with Gasteiger partial charge in [0.2, 0.25) is 0 Å². The molecule has 1 atom stereocenters. The highest BCUT2D eigenvalue weighted by molar-refractivity contribution is 7.13. The molecule has 0 aliphatic carbocycles. The fourth-order valence-corrected chi connectivity index (χ4v) is 6.02. The molecule has 2 amide bonds. The van der Waals surface area contributed by atoms with Gasteiger partial charge in [0.05, 0.1) is 0 Å². The van der Waals surface area contributed by atoms with E-state index in [0.29, 0.717) is 35.8 Å². The third-order valence-corrected chi connectivity index (χ3v) is 7.81. The first-order valence-electron chi connectivity index (χ1n) is 11.1. The zero-order valence-corrected chi connectivity index (χ0v) is 19.7. The summed E-state index contributed by atoms with van der Waals surface area (Å²) >= 11 is 7.64. The van der Waals surface area contributed by atoms with E-state index in [1.165, 1.54) is 11.3 Å². The van der Waals surface area contributed by atoms with Gasteiger partial charge in [0, 0.05) is 41.0 Å². The number of hydrogen-bond acceptors (Lipinski definition) is 4. The maximum atomic E-state index is 13.9. The Hall–Kier alpha value is -3.48. The summed E-state index contributed by atoms with van der Waals surface area (Å²) in [6.07, 6.45) is 0.512. The Balaban J connectivity index is 1.46. The predicted molar refractivity (Wildman–Crippen MR) is 133 cm³/mol. The Bertz CT molecular complexity index is 1400. The number of carbonyl (C=O) groups excluding carboxylic acids is 2. The van der Waals surface area contributed by atoms with Crippen LogP contribution in [0.2, 0.25) is 5.02 Å². The standard InChI is InChI=1S/C27H20ClN3O2S/c28-21-12-10-20(11-13-21)27-16-19-8-4-5-9-22(19)25(32)30(27)14-15-31(27)26(33)23-17-34-24(29-23)18-6-2-1-3-7-18/h1-13,17H,14-16H2. The SMILES string of the molecule is O=C(c1csc(-c2ccccc2)n1)N1CCN2C(=O)c3ccccc3CC12c1ccc(Cl)cc1. The number of aromatic nitrogens is 1. The van der Waals surface area contributed by atoms with Gasteiger partial charge in [0.15, 0.2) is 0 Å². The number of carbonyl (C=O) groups is 2. The molecular formula is C27H20ClN3O2S. The van der Waals surface area contributed by atoms with Crippen LogP contribution in [0.15, 0.2) is 84.2 Å². The molecule has 2 aliphatic heterocycles. The number of hydrogen-bond donors (Lipinski definition) is 0. The van der Waals surface area contributed by atoms with Crippen LogP contribution in [0.5, 0.6) is 0 Å². The second kappa shape index (κ2) is 8.08. The van der Waals surface area contributed by atoms with Crippen LogP contribution < -0.4 is 0 Å². The molecule has 1 fully saturated rings. The summed E-state index contributed by atoms with van der Waals surface area (Å²) in [7, 11) is 0. The third kappa shape index (κ3) is 3.17. The molecule has 0 spiro atoms. The van der Waals surface area contributed by atoms with Crippen LogP contribution in [0, 0.1) is 0 Å². The van der Waals surface area contributed by atoms with Crippen molar-refractivity contribution in [1.82, 2.24) is 14.8 Å². The molecule has 3 heterocycles. The average molecular weight is 486 g/mol. The normalized spacial score (nSPS) is 19.1. The van der Waals surface area contributed by atoms with E-state index in [0.717, 1.165) is 21.7 Å². The largest absolute Gasteiger partial charge is 0.309 e. The second-order valence-corrected chi connectivity index (χ2v) is 9.77. The molecule has 5 nitrogen and oxygen atoms in total. The Labute approximate surface area is 206 Å². The molecular weight excluding hydrogens is 466 g/mol. The number of benzene rings is 3. The smallest absolute Gasteiger partial charge is 0.275 e. The lowest BCUT2D eigenvalue weighted by Crippen LogP contribution is -2.58. The quantitative estimate of drug-likeness (QED) is 0.386. The number of rotatable bonds is 3. The molecule has 3 aromatic carbocycles. The van der Waals surface area contributed by atoms with E-state index in [4.69, 9.17) is 11.6 Å². The average Bonchev–Trinajstić information content (AvgIpc) is 3.51. The van der Waals surface area contributed by atoms with Gasteiger partial charge in [0.1, 0.15) is 16.4 Å². The zero-order chi connectivity index (χ0) is 23.3. The summed E-state index contributed by atoms with van der Waals surface area (Å²) in [5, 5.41) is 3.21. The monoisotopic (exact) mass is 485 g/mol. The molecule has 0 bridgehead atoms. The highest BCUT2D eigenvalue weighted by atomic mass is 35.5. The van der Waals surface area contributed by atoms with Crippen molar-refractivity contribution in [3.8, 4) is 10.6 Å². The molecule has 4 aromatic rings. The maximum absolute atomic E-state index is 13.9. The molecule has 1 saturated heterocycles. The number of amides is 2. The lowest BCUT2D eigenvalue weighted by molar-refractivity contribution is 0.00747. The van der Waals surface area contributed by atoms with Gasteiger partial charge in [-0.2, -0.15) is 0 Å². The second-order valence-electron chi connectivity index (χ2n) is 8.47. The van der Waals surface area contributed by atoms with Crippen molar-refractivity contribution in [2.24, 2.45) is 0 Å². The highest BCUT2D eigenvalue weighted by Crippen LogP contribution is 2.45. The number of fused-ring (bicyclic) bond motifs is 2. The fourth-order valence-electron chi connectivity index (χ4n) is 5.09. The van der Waals surface area contributed by atoms with Crippen molar-refractivity contribution >= 4 is 34.8 Å². The number of thiazole rings is 1. The maximum Gasteiger partial charge on any atom is 0.275 e. The first-order chi connectivity index (χ1) is 16.6. The summed E-state index contributed by atoms with van der Waals surface area (Å²) in [6.45, 7) is 0.886. The van der Waals surface area contributed by atoms with Crippen molar-refractivity contribution in [3.63, 3.8) is 0 Å². The van der Waals surface area contributed by atoms with Crippen LogP contribution >= 0.6 is 22.9 Å². The van der Waals surface area contributed by atoms with Gasteiger partial charge < -0.3 is 9.80 Å². The number of nitrogens with zero attached hydrogens (tertiary/aromatic N) is 3. The molecule has 7 heteroatoms. The summed E-state index contributed by atoms with van der Waals surface area (Å²) in [6, 6.07) is 24.9. The van der Waals surface area contributed by atoms with E-state index in [2.05, 4.69) is 4.98 Å². The van der Waals surface area contributed by atoms with E-state index in [1.807, 2.05) is 94.0 Å². The van der Waals surface area contributed by atoms with Gasteiger partial charge in [0.25, 0.3) is 11.8 Å². The summed E-state index contributed by atoms with van der Waals surface area (Å²) in [4.78, 5) is 35.8. The minimum absolute atomic E-state index is 0.0599. The fraction of sp³-hybridized carbons (Fsp3) is 0.148. The Morgan fingerprint density at radius 3 is 2.47 bits per heavy atom. The lowest BCUT2D eigenvalue weighted by atomic mass is 9.83. The topological polar surface area (TPSA) is 53.5 Å². The van der Waals surface area contributed by atoms with Crippen molar-refractivity contribution in [3.05, 3.63) is 112 Å². The van der Waals surface area contributed by atoms with Gasteiger partial charge in [-0.25, -0.2) is 4.98 Å².